The average molecular weight is 327 g/mol. The van der Waals surface area contributed by atoms with Gasteiger partial charge >= 0.3 is 5.97 Å². The van der Waals surface area contributed by atoms with Crippen LogP contribution in [0.15, 0.2) is 18.2 Å². The molecule has 0 spiro atoms. The second-order valence-electron chi connectivity index (χ2n) is 5.41. The molecule has 2 rings (SSSR count). The Labute approximate surface area is 133 Å². The Morgan fingerprint density at radius 2 is 1.96 bits per heavy atom. The first-order chi connectivity index (χ1) is 11.0. The van der Waals surface area contributed by atoms with Gasteiger partial charge in [0.25, 0.3) is 0 Å². The van der Waals surface area contributed by atoms with Crippen molar-refractivity contribution in [3.63, 3.8) is 0 Å². The summed E-state index contributed by atoms with van der Waals surface area (Å²) in [5, 5.41) is 0. The summed E-state index contributed by atoms with van der Waals surface area (Å²) in [6.45, 7) is 0.773. The summed E-state index contributed by atoms with van der Waals surface area (Å²) in [7, 11) is 1.23. The maximum Gasteiger partial charge on any atom is 0.325 e. The van der Waals surface area contributed by atoms with Gasteiger partial charge in [-0.25, -0.2) is 8.78 Å². The standard InChI is InChI=1S/C16H19F2NO4/c1-22-15(20)10-19(16(21)12-4-6-23-7-5-12)9-11-2-3-13(17)14(18)8-11/h2-3,8,12H,4-7,9-10H2,1H3. The minimum Gasteiger partial charge on any atom is -0.468 e. The molecule has 1 aromatic carbocycles. The highest BCUT2D eigenvalue weighted by molar-refractivity contribution is 5.83. The van der Waals surface area contributed by atoms with E-state index in [4.69, 9.17) is 4.74 Å². The maximum atomic E-state index is 13.3. The smallest absolute Gasteiger partial charge is 0.325 e. The Balaban J connectivity index is 2.13. The molecule has 1 aliphatic heterocycles. The average Bonchev–Trinajstić information content (AvgIpc) is 2.57. The van der Waals surface area contributed by atoms with Crippen molar-refractivity contribution >= 4 is 11.9 Å². The number of carbonyl (C=O) groups excluding carboxylic acids is 2. The second-order valence-corrected chi connectivity index (χ2v) is 5.41. The molecule has 1 fully saturated rings. The van der Waals surface area contributed by atoms with Crippen molar-refractivity contribution in [3.05, 3.63) is 35.4 Å². The fourth-order valence-corrected chi connectivity index (χ4v) is 2.49. The quantitative estimate of drug-likeness (QED) is 0.775. The van der Waals surface area contributed by atoms with E-state index in [0.29, 0.717) is 31.6 Å². The van der Waals surface area contributed by atoms with Crippen LogP contribution in [0.25, 0.3) is 0 Å². The van der Waals surface area contributed by atoms with E-state index in [0.717, 1.165) is 12.1 Å². The number of amides is 1. The number of methoxy groups -OCH3 is 1. The molecule has 1 heterocycles. The van der Waals surface area contributed by atoms with Gasteiger partial charge in [0.1, 0.15) is 6.54 Å². The van der Waals surface area contributed by atoms with Gasteiger partial charge in [-0.2, -0.15) is 0 Å². The van der Waals surface area contributed by atoms with Crippen LogP contribution in [-0.2, 0) is 25.6 Å². The van der Waals surface area contributed by atoms with Gasteiger partial charge in [-0.05, 0) is 30.5 Å². The van der Waals surface area contributed by atoms with E-state index < -0.39 is 17.6 Å². The van der Waals surface area contributed by atoms with Gasteiger partial charge in [0.2, 0.25) is 5.91 Å². The highest BCUT2D eigenvalue weighted by Crippen LogP contribution is 2.20. The monoisotopic (exact) mass is 327 g/mol. The Bertz CT molecular complexity index is 573. The molecule has 0 N–H and O–H groups in total. The molecule has 1 aliphatic rings. The number of carbonyl (C=O) groups is 2. The van der Waals surface area contributed by atoms with Crippen molar-refractivity contribution in [2.24, 2.45) is 5.92 Å². The lowest BCUT2D eigenvalue weighted by molar-refractivity contribution is -0.150. The predicted molar refractivity (Wildman–Crippen MR) is 77.3 cm³/mol. The largest absolute Gasteiger partial charge is 0.468 e. The molecule has 1 aromatic rings. The van der Waals surface area contributed by atoms with Crippen LogP contribution in [0.3, 0.4) is 0 Å². The third kappa shape index (κ3) is 4.72. The van der Waals surface area contributed by atoms with Crippen molar-refractivity contribution in [3.8, 4) is 0 Å². The van der Waals surface area contributed by atoms with Crippen LogP contribution in [0.5, 0.6) is 0 Å². The SMILES string of the molecule is COC(=O)CN(Cc1ccc(F)c(F)c1)C(=O)C1CCOCC1. The van der Waals surface area contributed by atoms with Crippen LogP contribution < -0.4 is 0 Å². The Kier molecular flexibility index (Phi) is 6.04. The Hall–Kier alpha value is -2.02. The van der Waals surface area contributed by atoms with E-state index in [1.807, 2.05) is 0 Å². The summed E-state index contributed by atoms with van der Waals surface area (Å²) in [4.78, 5) is 25.5. The molecule has 1 amide bonds. The number of hydrogen-bond donors (Lipinski definition) is 0. The van der Waals surface area contributed by atoms with Gasteiger partial charge in [-0.1, -0.05) is 6.07 Å². The van der Waals surface area contributed by atoms with E-state index in [9.17, 15) is 18.4 Å². The summed E-state index contributed by atoms with van der Waals surface area (Å²) >= 11 is 0. The topological polar surface area (TPSA) is 55.8 Å². The van der Waals surface area contributed by atoms with Gasteiger partial charge in [0, 0.05) is 25.7 Å². The van der Waals surface area contributed by atoms with Crippen molar-refractivity contribution in [2.75, 3.05) is 26.9 Å². The minimum atomic E-state index is -0.987. The summed E-state index contributed by atoms with van der Waals surface area (Å²) in [6.07, 6.45) is 1.16. The molecule has 0 aliphatic carbocycles. The number of rotatable bonds is 5. The van der Waals surface area contributed by atoms with E-state index in [-0.39, 0.29) is 24.9 Å². The zero-order valence-electron chi connectivity index (χ0n) is 12.9. The fraction of sp³-hybridized carbons (Fsp3) is 0.500. The summed E-state index contributed by atoms with van der Waals surface area (Å²) in [6, 6.07) is 3.41. The summed E-state index contributed by atoms with van der Waals surface area (Å²) in [5.74, 6) is -2.95. The molecule has 5 nitrogen and oxygen atoms in total. The zero-order chi connectivity index (χ0) is 16.8. The molecule has 0 bridgehead atoms. The summed E-state index contributed by atoms with van der Waals surface area (Å²) < 4.78 is 36.2. The molecule has 7 heteroatoms. The molecule has 23 heavy (non-hydrogen) atoms. The first kappa shape index (κ1) is 17.3. The number of hydrogen-bond acceptors (Lipinski definition) is 4. The predicted octanol–water partition coefficient (Wildman–Crippen LogP) is 1.89. The number of halogens is 2. The third-order valence-electron chi connectivity index (χ3n) is 3.79. The van der Waals surface area contributed by atoms with Crippen LogP contribution in [0.4, 0.5) is 8.78 Å². The fourth-order valence-electron chi connectivity index (χ4n) is 2.49. The molecule has 0 unspecified atom stereocenters. The Morgan fingerprint density at radius 1 is 1.26 bits per heavy atom. The molecular weight excluding hydrogens is 308 g/mol. The lowest BCUT2D eigenvalue weighted by atomic mass is 9.98. The van der Waals surface area contributed by atoms with E-state index in [2.05, 4.69) is 4.74 Å². The van der Waals surface area contributed by atoms with E-state index in [1.54, 1.807) is 0 Å². The van der Waals surface area contributed by atoms with Gasteiger partial charge < -0.3 is 14.4 Å². The first-order valence-electron chi connectivity index (χ1n) is 7.38. The molecule has 126 valence electrons. The lowest BCUT2D eigenvalue weighted by Gasteiger charge is -2.28. The third-order valence-corrected chi connectivity index (χ3v) is 3.79. The first-order valence-corrected chi connectivity index (χ1v) is 7.38. The second kappa shape index (κ2) is 8.01. The lowest BCUT2D eigenvalue weighted by Crippen LogP contribution is -2.41. The number of nitrogens with zero attached hydrogens (tertiary/aromatic N) is 1. The molecular formula is C16H19F2NO4. The highest BCUT2D eigenvalue weighted by atomic mass is 19.2. The molecule has 0 atom stereocenters. The number of ether oxygens (including phenoxy) is 2. The zero-order valence-corrected chi connectivity index (χ0v) is 12.9. The number of esters is 1. The van der Waals surface area contributed by atoms with E-state index >= 15 is 0 Å². The van der Waals surface area contributed by atoms with Crippen LogP contribution in [0.1, 0.15) is 18.4 Å². The minimum absolute atomic E-state index is 0.0164. The van der Waals surface area contributed by atoms with Crippen molar-refractivity contribution in [2.45, 2.75) is 19.4 Å². The summed E-state index contributed by atoms with van der Waals surface area (Å²) in [5.41, 5.74) is 0.410. The van der Waals surface area contributed by atoms with Crippen molar-refractivity contribution < 1.29 is 27.8 Å². The molecule has 0 saturated carbocycles. The van der Waals surface area contributed by atoms with Gasteiger partial charge in [0.15, 0.2) is 11.6 Å². The normalized spacial score (nSPS) is 15.3. The molecule has 0 aromatic heterocycles. The van der Waals surface area contributed by atoms with Crippen LogP contribution in [-0.4, -0.2) is 43.6 Å². The molecule has 0 radical (unpaired) electrons. The Morgan fingerprint density at radius 3 is 2.57 bits per heavy atom. The number of benzene rings is 1. The highest BCUT2D eigenvalue weighted by Gasteiger charge is 2.28. The van der Waals surface area contributed by atoms with Crippen molar-refractivity contribution in [1.82, 2.24) is 4.90 Å². The van der Waals surface area contributed by atoms with Gasteiger partial charge in [-0.3, -0.25) is 9.59 Å². The molecule has 1 saturated heterocycles. The van der Waals surface area contributed by atoms with Gasteiger partial charge in [-0.15, -0.1) is 0 Å². The van der Waals surface area contributed by atoms with Crippen LogP contribution in [0.2, 0.25) is 0 Å². The van der Waals surface area contributed by atoms with Gasteiger partial charge in [0.05, 0.1) is 7.11 Å². The van der Waals surface area contributed by atoms with E-state index in [1.165, 1.54) is 18.1 Å². The maximum absolute atomic E-state index is 13.3. The van der Waals surface area contributed by atoms with Crippen LogP contribution >= 0.6 is 0 Å². The van der Waals surface area contributed by atoms with Crippen LogP contribution in [0, 0.1) is 17.6 Å². The van der Waals surface area contributed by atoms with Crippen molar-refractivity contribution in [1.29, 1.82) is 0 Å².